The van der Waals surface area contributed by atoms with Gasteiger partial charge in [0.15, 0.2) is 5.78 Å². The lowest BCUT2D eigenvalue weighted by Gasteiger charge is -2.16. The maximum atomic E-state index is 11.9. The first-order valence-electron chi connectivity index (χ1n) is 8.19. The topological polar surface area (TPSA) is 42.9 Å². The van der Waals surface area contributed by atoms with Crippen molar-refractivity contribution in [3.8, 4) is 0 Å². The van der Waals surface area contributed by atoms with Crippen molar-refractivity contribution in [1.29, 1.82) is 0 Å². The van der Waals surface area contributed by atoms with Crippen molar-refractivity contribution in [3.05, 3.63) is 35.2 Å². The maximum Gasteiger partial charge on any atom is 0.162 e. The lowest BCUT2D eigenvalue weighted by molar-refractivity contribution is 0.0988. The molecule has 3 nitrogen and oxygen atoms in total. The van der Waals surface area contributed by atoms with Crippen LogP contribution in [0.4, 0.5) is 0 Å². The first-order chi connectivity index (χ1) is 11.2. The highest BCUT2D eigenvalue weighted by atomic mass is 32.2. The zero-order chi connectivity index (χ0) is 16.2. The molecule has 0 spiro atoms. The Bertz CT molecular complexity index is 717. The number of aromatic nitrogens is 2. The number of benzene rings is 1. The Morgan fingerprint density at radius 1 is 1.22 bits per heavy atom. The predicted molar refractivity (Wildman–Crippen MR) is 100 cm³/mol. The number of Topliss-reactive ketones (excluding diaryl/α,β-unsaturated/α-hetero) is 1. The van der Waals surface area contributed by atoms with Gasteiger partial charge in [-0.05, 0) is 36.8 Å². The van der Waals surface area contributed by atoms with Gasteiger partial charge in [-0.2, -0.15) is 23.5 Å². The molecule has 0 aliphatic carbocycles. The molecule has 0 saturated heterocycles. The van der Waals surface area contributed by atoms with Crippen LogP contribution >= 0.6 is 23.5 Å². The molecule has 23 heavy (non-hydrogen) atoms. The summed E-state index contributed by atoms with van der Waals surface area (Å²) in [4.78, 5) is 21.6. The van der Waals surface area contributed by atoms with Gasteiger partial charge in [0.25, 0.3) is 0 Å². The first-order valence-corrected chi connectivity index (χ1v) is 10.4. The fourth-order valence-electron chi connectivity index (χ4n) is 2.68. The summed E-state index contributed by atoms with van der Waals surface area (Å²) in [5.41, 5.74) is 4.68. The van der Waals surface area contributed by atoms with Crippen LogP contribution in [0.25, 0.3) is 11.0 Å². The second-order valence-corrected chi connectivity index (χ2v) is 8.45. The first kappa shape index (κ1) is 16.8. The van der Waals surface area contributed by atoms with Crippen molar-refractivity contribution < 1.29 is 4.79 Å². The van der Waals surface area contributed by atoms with Crippen molar-refractivity contribution >= 4 is 40.3 Å². The van der Waals surface area contributed by atoms with Gasteiger partial charge in [0.2, 0.25) is 0 Å². The van der Waals surface area contributed by atoms with Crippen molar-refractivity contribution in [2.75, 3.05) is 5.75 Å². The quantitative estimate of drug-likeness (QED) is 0.726. The van der Waals surface area contributed by atoms with Crippen LogP contribution in [-0.4, -0.2) is 26.8 Å². The molecule has 1 aliphatic rings. The fourth-order valence-corrected chi connectivity index (χ4v) is 4.63. The highest BCUT2D eigenvalue weighted by molar-refractivity contribution is 7.99. The van der Waals surface area contributed by atoms with E-state index >= 15 is 0 Å². The summed E-state index contributed by atoms with van der Waals surface area (Å²) < 4.78 is 0. The molecule has 0 amide bonds. The van der Waals surface area contributed by atoms with E-state index in [0.717, 1.165) is 39.5 Å². The van der Waals surface area contributed by atoms with Crippen LogP contribution in [0.5, 0.6) is 0 Å². The van der Waals surface area contributed by atoms with Gasteiger partial charge in [-0.1, -0.05) is 13.8 Å². The molecule has 1 aromatic heterocycles. The molecule has 1 aromatic carbocycles. The van der Waals surface area contributed by atoms with Gasteiger partial charge >= 0.3 is 0 Å². The molecule has 0 saturated carbocycles. The average Bonchev–Trinajstić information content (AvgIpc) is 2.58. The number of carbonyl (C=O) groups is 1. The highest BCUT2D eigenvalue weighted by Gasteiger charge is 2.14. The molecule has 1 unspecified atom stereocenters. The Labute approximate surface area is 146 Å². The van der Waals surface area contributed by atoms with Gasteiger partial charge in [0, 0.05) is 28.7 Å². The summed E-state index contributed by atoms with van der Waals surface area (Å²) in [6.45, 7) is 4.18. The molecule has 0 N–H and O–H groups in total. The third-order valence-corrected chi connectivity index (χ3v) is 6.40. The summed E-state index contributed by atoms with van der Waals surface area (Å²) in [5.74, 6) is 3.19. The second-order valence-electron chi connectivity index (χ2n) is 5.91. The minimum Gasteiger partial charge on any atom is -0.294 e. The Morgan fingerprint density at radius 3 is 2.83 bits per heavy atom. The number of fused-ring (bicyclic) bond motifs is 2. The molecule has 3 rings (SSSR count). The van der Waals surface area contributed by atoms with E-state index in [4.69, 9.17) is 9.97 Å². The summed E-state index contributed by atoms with van der Waals surface area (Å²) in [5, 5.41) is 0.659. The van der Waals surface area contributed by atoms with E-state index in [0.29, 0.717) is 11.7 Å². The molecule has 0 radical (unpaired) electrons. The lowest BCUT2D eigenvalue weighted by Crippen LogP contribution is -2.06. The Morgan fingerprint density at radius 2 is 2.00 bits per heavy atom. The van der Waals surface area contributed by atoms with E-state index in [1.165, 1.54) is 18.6 Å². The van der Waals surface area contributed by atoms with Gasteiger partial charge in [0.05, 0.1) is 22.4 Å². The van der Waals surface area contributed by atoms with Crippen LogP contribution in [0.3, 0.4) is 0 Å². The number of hydrogen-bond donors (Lipinski definition) is 0. The summed E-state index contributed by atoms with van der Waals surface area (Å²) in [6, 6.07) is 5.71. The minimum atomic E-state index is 0.160. The van der Waals surface area contributed by atoms with Gasteiger partial charge in [-0.15, -0.1) is 0 Å². The largest absolute Gasteiger partial charge is 0.294 e. The molecule has 2 heterocycles. The van der Waals surface area contributed by atoms with Crippen molar-refractivity contribution in [2.45, 2.75) is 49.9 Å². The maximum absolute atomic E-state index is 11.9. The van der Waals surface area contributed by atoms with Crippen molar-refractivity contribution in [2.24, 2.45) is 0 Å². The number of hydrogen-bond acceptors (Lipinski definition) is 5. The zero-order valence-electron chi connectivity index (χ0n) is 13.7. The highest BCUT2D eigenvalue weighted by Crippen LogP contribution is 2.28. The minimum absolute atomic E-state index is 0.160. The predicted octanol–water partition coefficient (Wildman–Crippen LogP) is 4.87. The van der Waals surface area contributed by atoms with E-state index in [-0.39, 0.29) is 5.78 Å². The van der Waals surface area contributed by atoms with E-state index < -0.39 is 0 Å². The van der Waals surface area contributed by atoms with Crippen LogP contribution in [0, 0.1) is 0 Å². The Hall–Kier alpha value is -1.07. The van der Waals surface area contributed by atoms with E-state index in [1.54, 1.807) is 0 Å². The fraction of sp³-hybridized carbons (Fsp3) is 0.500. The monoisotopic (exact) mass is 346 g/mol. The number of nitrogens with zero attached hydrogens (tertiary/aromatic N) is 2. The van der Waals surface area contributed by atoms with E-state index in [9.17, 15) is 4.79 Å². The molecule has 5 heteroatoms. The van der Waals surface area contributed by atoms with Crippen LogP contribution in [0.2, 0.25) is 0 Å². The van der Waals surface area contributed by atoms with Gasteiger partial charge in [0.1, 0.15) is 0 Å². The molecular weight excluding hydrogens is 324 g/mol. The van der Waals surface area contributed by atoms with Crippen LogP contribution < -0.4 is 0 Å². The smallest absolute Gasteiger partial charge is 0.162 e. The summed E-state index contributed by atoms with van der Waals surface area (Å²) >= 11 is 3.91. The number of rotatable bonds is 2. The Balaban J connectivity index is 1.99. The SMILES string of the molecule is CCC(=O)c1ccc2nc3c(nc2c1)CSC(C)CCCSC3. The van der Waals surface area contributed by atoms with Gasteiger partial charge in [-0.25, -0.2) is 9.97 Å². The number of ketones is 1. The zero-order valence-corrected chi connectivity index (χ0v) is 15.3. The Kier molecular flexibility index (Phi) is 5.59. The average molecular weight is 347 g/mol. The molecule has 0 bridgehead atoms. The standard InChI is InChI=1S/C18H22N2OS2/c1-3-18(21)13-6-7-14-15(9-13)20-17-11-23-12(2)5-4-8-22-10-16(17)19-14/h6-7,9,12H,3-5,8,10-11H2,1-2H3. The normalized spacial score (nSPS) is 19.3. The number of thioether (sulfide) groups is 2. The van der Waals surface area contributed by atoms with Crippen LogP contribution in [-0.2, 0) is 11.5 Å². The van der Waals surface area contributed by atoms with Crippen molar-refractivity contribution in [3.63, 3.8) is 0 Å². The van der Waals surface area contributed by atoms with Gasteiger partial charge in [-0.3, -0.25) is 4.79 Å². The molecule has 1 atom stereocenters. The van der Waals surface area contributed by atoms with Crippen molar-refractivity contribution in [1.82, 2.24) is 9.97 Å². The molecule has 1 aliphatic heterocycles. The third-order valence-electron chi connectivity index (χ3n) is 4.11. The summed E-state index contributed by atoms with van der Waals surface area (Å²) in [7, 11) is 0. The molecule has 122 valence electrons. The summed E-state index contributed by atoms with van der Waals surface area (Å²) in [6.07, 6.45) is 3.06. The van der Waals surface area contributed by atoms with E-state index in [1.807, 2.05) is 48.6 Å². The molecule has 2 aromatic rings. The van der Waals surface area contributed by atoms with Gasteiger partial charge < -0.3 is 0 Å². The lowest BCUT2D eigenvalue weighted by atomic mass is 10.1. The third kappa shape index (κ3) is 4.07. The van der Waals surface area contributed by atoms with E-state index in [2.05, 4.69) is 6.92 Å². The number of carbonyl (C=O) groups excluding carboxylic acids is 1. The van der Waals surface area contributed by atoms with Crippen LogP contribution in [0.1, 0.15) is 54.9 Å². The second kappa shape index (κ2) is 7.67. The van der Waals surface area contributed by atoms with Crippen LogP contribution in [0.15, 0.2) is 18.2 Å². The molecule has 0 fully saturated rings. The molecular formula is C18H22N2OS2.